The summed E-state index contributed by atoms with van der Waals surface area (Å²) < 4.78 is 6.63. The van der Waals surface area contributed by atoms with Crippen molar-refractivity contribution in [2.24, 2.45) is 0 Å². The Bertz CT molecular complexity index is 701. The van der Waals surface area contributed by atoms with Crippen LogP contribution >= 0.6 is 15.9 Å². The summed E-state index contributed by atoms with van der Waals surface area (Å²) in [4.78, 5) is 4.39. The lowest BCUT2D eigenvalue weighted by molar-refractivity contribution is 0.589. The summed E-state index contributed by atoms with van der Waals surface area (Å²) in [6, 6.07) is 15.9. The lowest BCUT2D eigenvalue weighted by atomic mass is 10.2. The van der Waals surface area contributed by atoms with E-state index in [-0.39, 0.29) is 0 Å². The first-order valence-electron chi connectivity index (χ1n) is 5.60. The van der Waals surface area contributed by atoms with Crippen LogP contribution in [0.25, 0.3) is 23.3 Å². The standard InChI is InChI=1S/C15H10BrNO/c16-12-7-8-13-14(10-12)18-15(17-13)9-6-11-4-2-1-3-5-11/h1-10H/b9-6+. The molecule has 1 aromatic heterocycles. The van der Waals surface area contributed by atoms with Gasteiger partial charge in [-0.25, -0.2) is 4.98 Å². The molecular weight excluding hydrogens is 290 g/mol. The van der Waals surface area contributed by atoms with Crippen LogP contribution in [0.15, 0.2) is 57.4 Å². The van der Waals surface area contributed by atoms with Crippen molar-refractivity contribution in [3.8, 4) is 0 Å². The molecule has 0 fully saturated rings. The van der Waals surface area contributed by atoms with Crippen molar-refractivity contribution in [3.05, 3.63) is 64.5 Å². The van der Waals surface area contributed by atoms with E-state index in [1.807, 2.05) is 60.7 Å². The zero-order valence-electron chi connectivity index (χ0n) is 9.51. The predicted molar refractivity (Wildman–Crippen MR) is 77.1 cm³/mol. The van der Waals surface area contributed by atoms with Gasteiger partial charge in [0.15, 0.2) is 5.58 Å². The molecule has 0 aliphatic heterocycles. The fraction of sp³-hybridized carbons (Fsp3) is 0. The van der Waals surface area contributed by atoms with Gasteiger partial charge in [-0.3, -0.25) is 0 Å². The van der Waals surface area contributed by atoms with Crippen LogP contribution in [0.2, 0.25) is 0 Å². The Hall–Kier alpha value is -1.87. The summed E-state index contributed by atoms with van der Waals surface area (Å²) in [5.41, 5.74) is 2.78. The summed E-state index contributed by atoms with van der Waals surface area (Å²) in [5.74, 6) is 0.618. The van der Waals surface area contributed by atoms with Crippen molar-refractivity contribution in [2.45, 2.75) is 0 Å². The van der Waals surface area contributed by atoms with Crippen LogP contribution in [0, 0.1) is 0 Å². The number of oxazole rings is 1. The number of rotatable bonds is 2. The SMILES string of the molecule is Brc1ccc2nc(/C=C/c3ccccc3)oc2c1. The van der Waals surface area contributed by atoms with E-state index < -0.39 is 0 Å². The average molecular weight is 300 g/mol. The average Bonchev–Trinajstić information content (AvgIpc) is 2.79. The first-order chi connectivity index (χ1) is 8.81. The molecule has 0 N–H and O–H groups in total. The highest BCUT2D eigenvalue weighted by atomic mass is 79.9. The fourth-order valence-corrected chi connectivity index (χ4v) is 2.06. The van der Waals surface area contributed by atoms with Crippen LogP contribution < -0.4 is 0 Å². The van der Waals surface area contributed by atoms with E-state index in [0.29, 0.717) is 5.89 Å². The zero-order chi connectivity index (χ0) is 12.4. The Morgan fingerprint density at radius 1 is 1.00 bits per heavy atom. The maximum absolute atomic E-state index is 5.64. The van der Waals surface area contributed by atoms with Crippen LogP contribution in [0.5, 0.6) is 0 Å². The smallest absolute Gasteiger partial charge is 0.220 e. The molecule has 2 nitrogen and oxygen atoms in total. The second-order valence-corrected chi connectivity index (χ2v) is 4.82. The lowest BCUT2D eigenvalue weighted by Crippen LogP contribution is -1.71. The number of aromatic nitrogens is 1. The fourth-order valence-electron chi connectivity index (χ4n) is 1.72. The molecule has 0 amide bonds. The molecule has 0 spiro atoms. The van der Waals surface area contributed by atoms with E-state index in [2.05, 4.69) is 20.9 Å². The van der Waals surface area contributed by atoms with Crippen molar-refractivity contribution in [3.63, 3.8) is 0 Å². The Morgan fingerprint density at radius 3 is 2.67 bits per heavy atom. The molecule has 0 unspecified atom stereocenters. The number of fused-ring (bicyclic) bond motifs is 1. The molecule has 0 aliphatic carbocycles. The minimum Gasteiger partial charge on any atom is -0.437 e. The van der Waals surface area contributed by atoms with E-state index >= 15 is 0 Å². The maximum atomic E-state index is 5.64. The quantitative estimate of drug-likeness (QED) is 0.682. The van der Waals surface area contributed by atoms with Gasteiger partial charge in [0.05, 0.1) is 0 Å². The van der Waals surface area contributed by atoms with Crippen molar-refractivity contribution in [2.75, 3.05) is 0 Å². The topological polar surface area (TPSA) is 26.0 Å². The number of hydrogen-bond acceptors (Lipinski definition) is 2. The van der Waals surface area contributed by atoms with Crippen LogP contribution in [-0.2, 0) is 0 Å². The molecule has 0 bridgehead atoms. The lowest BCUT2D eigenvalue weighted by Gasteiger charge is -1.89. The van der Waals surface area contributed by atoms with Gasteiger partial charge >= 0.3 is 0 Å². The molecule has 3 rings (SSSR count). The Morgan fingerprint density at radius 2 is 1.83 bits per heavy atom. The third-order valence-corrected chi connectivity index (χ3v) is 3.08. The molecule has 18 heavy (non-hydrogen) atoms. The monoisotopic (exact) mass is 299 g/mol. The molecule has 2 aromatic carbocycles. The van der Waals surface area contributed by atoms with Gasteiger partial charge in [0.2, 0.25) is 5.89 Å². The van der Waals surface area contributed by atoms with Crippen molar-refractivity contribution in [1.82, 2.24) is 4.98 Å². The third kappa shape index (κ3) is 2.36. The van der Waals surface area contributed by atoms with Gasteiger partial charge in [-0.05, 0) is 29.8 Å². The minimum absolute atomic E-state index is 0.618. The molecular formula is C15H10BrNO. The minimum atomic E-state index is 0.618. The van der Waals surface area contributed by atoms with Gasteiger partial charge in [-0.1, -0.05) is 46.3 Å². The normalized spacial score (nSPS) is 11.4. The molecule has 3 heteroatoms. The summed E-state index contributed by atoms with van der Waals surface area (Å²) in [6.45, 7) is 0. The summed E-state index contributed by atoms with van der Waals surface area (Å²) >= 11 is 3.41. The Balaban J connectivity index is 1.93. The van der Waals surface area contributed by atoms with Crippen LogP contribution in [-0.4, -0.2) is 4.98 Å². The molecule has 1 heterocycles. The second-order valence-electron chi connectivity index (χ2n) is 3.91. The van der Waals surface area contributed by atoms with Gasteiger partial charge in [-0.15, -0.1) is 0 Å². The molecule has 0 atom stereocenters. The number of benzene rings is 2. The maximum Gasteiger partial charge on any atom is 0.220 e. The van der Waals surface area contributed by atoms with E-state index in [1.54, 1.807) is 0 Å². The molecule has 3 aromatic rings. The molecule has 0 saturated carbocycles. The molecule has 0 saturated heterocycles. The van der Waals surface area contributed by atoms with Crippen molar-refractivity contribution < 1.29 is 4.42 Å². The molecule has 0 aliphatic rings. The van der Waals surface area contributed by atoms with E-state index in [4.69, 9.17) is 4.42 Å². The van der Waals surface area contributed by atoms with Gasteiger partial charge in [0.1, 0.15) is 5.52 Å². The van der Waals surface area contributed by atoms with Crippen molar-refractivity contribution in [1.29, 1.82) is 0 Å². The Labute approximate surface area is 113 Å². The van der Waals surface area contributed by atoms with E-state index in [9.17, 15) is 0 Å². The second kappa shape index (κ2) is 4.78. The van der Waals surface area contributed by atoms with Crippen LogP contribution in [0.4, 0.5) is 0 Å². The summed E-state index contributed by atoms with van der Waals surface area (Å²) in [6.07, 6.45) is 3.86. The number of nitrogens with zero attached hydrogens (tertiary/aromatic N) is 1. The van der Waals surface area contributed by atoms with Gasteiger partial charge in [-0.2, -0.15) is 0 Å². The summed E-state index contributed by atoms with van der Waals surface area (Å²) in [7, 11) is 0. The highest BCUT2D eigenvalue weighted by molar-refractivity contribution is 9.10. The molecule has 0 radical (unpaired) electrons. The first kappa shape index (κ1) is 11.2. The number of halogens is 1. The van der Waals surface area contributed by atoms with Gasteiger partial charge in [0, 0.05) is 10.5 Å². The Kier molecular flexibility index (Phi) is 2.99. The van der Waals surface area contributed by atoms with E-state index in [1.165, 1.54) is 0 Å². The van der Waals surface area contributed by atoms with Crippen LogP contribution in [0.3, 0.4) is 0 Å². The first-order valence-corrected chi connectivity index (χ1v) is 6.40. The van der Waals surface area contributed by atoms with Gasteiger partial charge in [0.25, 0.3) is 0 Å². The highest BCUT2D eigenvalue weighted by Gasteiger charge is 2.02. The summed E-state index contributed by atoms with van der Waals surface area (Å²) in [5, 5.41) is 0. The zero-order valence-corrected chi connectivity index (χ0v) is 11.1. The largest absolute Gasteiger partial charge is 0.437 e. The van der Waals surface area contributed by atoms with Gasteiger partial charge < -0.3 is 4.42 Å². The third-order valence-electron chi connectivity index (χ3n) is 2.58. The molecule has 88 valence electrons. The van der Waals surface area contributed by atoms with Crippen molar-refractivity contribution >= 4 is 39.2 Å². The number of hydrogen-bond donors (Lipinski definition) is 0. The van der Waals surface area contributed by atoms with Crippen LogP contribution in [0.1, 0.15) is 11.5 Å². The van der Waals surface area contributed by atoms with E-state index in [0.717, 1.165) is 21.1 Å². The highest BCUT2D eigenvalue weighted by Crippen LogP contribution is 2.21. The predicted octanol–water partition coefficient (Wildman–Crippen LogP) is 4.76.